The Morgan fingerprint density at radius 3 is 2.11 bits per heavy atom. The third-order valence-corrected chi connectivity index (χ3v) is 8.01. The fraction of sp³-hybridized carbons (Fsp3) is 0.500. The number of aryl methyl sites for hydroxylation is 2. The van der Waals surface area contributed by atoms with Gasteiger partial charge in [-0.1, -0.05) is 56.1 Å². The summed E-state index contributed by atoms with van der Waals surface area (Å²) >= 11 is 12.8. The van der Waals surface area contributed by atoms with E-state index in [4.69, 9.17) is 23.2 Å². The first kappa shape index (κ1) is 31.9. The van der Waals surface area contributed by atoms with Crippen LogP contribution in [0.3, 0.4) is 0 Å². The summed E-state index contributed by atoms with van der Waals surface area (Å²) in [5.74, 6) is -0.266. The van der Waals surface area contributed by atoms with Crippen LogP contribution in [0.25, 0.3) is 0 Å². The topological polar surface area (TPSA) is 86.8 Å². The quantitative estimate of drug-likeness (QED) is 0.326. The lowest BCUT2D eigenvalue weighted by atomic mass is 10.1. The number of rotatable bonds is 13. The summed E-state index contributed by atoms with van der Waals surface area (Å²) in [6.07, 6.45) is 1.88. The Balaban J connectivity index is 2.29. The zero-order valence-corrected chi connectivity index (χ0v) is 25.4. The van der Waals surface area contributed by atoms with Gasteiger partial charge in [0.05, 0.1) is 11.9 Å². The number of halogens is 2. The van der Waals surface area contributed by atoms with E-state index in [9.17, 15) is 18.0 Å². The van der Waals surface area contributed by atoms with Crippen LogP contribution in [0.4, 0.5) is 5.69 Å². The minimum Gasteiger partial charge on any atom is -0.354 e. The molecule has 2 amide bonds. The number of hydrogen-bond donors (Lipinski definition) is 1. The van der Waals surface area contributed by atoms with Crippen LogP contribution in [0.2, 0.25) is 10.0 Å². The Bertz CT molecular complexity index is 1190. The number of carbonyl (C=O) groups excluding carboxylic acids is 2. The molecule has 7 nitrogen and oxygen atoms in total. The minimum absolute atomic E-state index is 0.0485. The highest BCUT2D eigenvalue weighted by Gasteiger charge is 2.30. The SMILES string of the molecule is CC[C@H](C(=O)NCC(C)C)N(Cc1c(Cl)cccc1Cl)C(=O)CCCN(c1cc(C)cc(C)c1)S(C)(=O)=O. The van der Waals surface area contributed by atoms with Gasteiger partial charge < -0.3 is 10.2 Å². The van der Waals surface area contributed by atoms with Crippen molar-refractivity contribution in [3.05, 3.63) is 63.1 Å². The van der Waals surface area contributed by atoms with Crippen molar-refractivity contribution in [3.63, 3.8) is 0 Å². The summed E-state index contributed by atoms with van der Waals surface area (Å²) in [4.78, 5) is 28.2. The lowest BCUT2D eigenvalue weighted by molar-refractivity contribution is -0.141. The molecule has 0 spiro atoms. The van der Waals surface area contributed by atoms with Crippen molar-refractivity contribution in [1.29, 1.82) is 0 Å². The molecule has 0 radical (unpaired) electrons. The highest BCUT2D eigenvalue weighted by molar-refractivity contribution is 7.92. The van der Waals surface area contributed by atoms with E-state index < -0.39 is 16.1 Å². The number of amides is 2. The monoisotopic (exact) mass is 583 g/mol. The predicted octanol–water partition coefficient (Wildman–Crippen LogP) is 5.74. The van der Waals surface area contributed by atoms with Crippen LogP contribution < -0.4 is 9.62 Å². The summed E-state index contributed by atoms with van der Waals surface area (Å²) in [5, 5.41) is 3.74. The minimum atomic E-state index is -3.57. The summed E-state index contributed by atoms with van der Waals surface area (Å²) in [6.45, 7) is 10.3. The molecule has 0 saturated heterocycles. The molecule has 0 aliphatic rings. The second-order valence-corrected chi connectivity index (χ2v) is 12.8. The first-order chi connectivity index (χ1) is 17.7. The molecule has 10 heteroatoms. The van der Waals surface area contributed by atoms with E-state index in [0.29, 0.717) is 34.3 Å². The van der Waals surface area contributed by atoms with Crippen LogP contribution >= 0.6 is 23.2 Å². The molecular weight excluding hydrogens is 545 g/mol. The van der Waals surface area contributed by atoms with E-state index in [1.165, 1.54) is 9.21 Å². The van der Waals surface area contributed by atoms with Crippen molar-refractivity contribution < 1.29 is 18.0 Å². The maximum absolute atomic E-state index is 13.6. The van der Waals surface area contributed by atoms with Gasteiger partial charge in [-0.3, -0.25) is 13.9 Å². The van der Waals surface area contributed by atoms with Crippen LogP contribution in [-0.2, 0) is 26.2 Å². The Kier molecular flexibility index (Phi) is 11.9. The molecule has 2 aromatic rings. The molecule has 2 aromatic carbocycles. The molecule has 1 atom stereocenters. The molecule has 210 valence electrons. The summed E-state index contributed by atoms with van der Waals surface area (Å²) in [5.41, 5.74) is 3.03. The summed E-state index contributed by atoms with van der Waals surface area (Å²) in [7, 11) is -3.57. The lowest BCUT2D eigenvalue weighted by Crippen LogP contribution is -2.49. The zero-order valence-electron chi connectivity index (χ0n) is 23.1. The third kappa shape index (κ3) is 9.17. The average Bonchev–Trinajstić information content (AvgIpc) is 2.80. The molecule has 0 saturated carbocycles. The zero-order chi connectivity index (χ0) is 28.6. The Morgan fingerprint density at radius 1 is 1.03 bits per heavy atom. The Morgan fingerprint density at radius 2 is 1.61 bits per heavy atom. The van der Waals surface area contributed by atoms with E-state index >= 15 is 0 Å². The maximum atomic E-state index is 13.6. The third-order valence-electron chi connectivity index (χ3n) is 6.11. The van der Waals surface area contributed by atoms with Crippen LogP contribution in [0, 0.1) is 19.8 Å². The van der Waals surface area contributed by atoms with Gasteiger partial charge in [-0.25, -0.2) is 8.42 Å². The van der Waals surface area contributed by atoms with Gasteiger partial charge in [0.1, 0.15) is 6.04 Å². The number of nitrogens with one attached hydrogen (secondary N) is 1. The van der Waals surface area contributed by atoms with Crippen LogP contribution in [0.1, 0.15) is 56.7 Å². The predicted molar refractivity (Wildman–Crippen MR) is 156 cm³/mol. The smallest absolute Gasteiger partial charge is 0.242 e. The van der Waals surface area contributed by atoms with Crippen molar-refractivity contribution >= 4 is 50.7 Å². The molecule has 0 aliphatic heterocycles. The molecule has 38 heavy (non-hydrogen) atoms. The van der Waals surface area contributed by atoms with Crippen molar-refractivity contribution in [2.24, 2.45) is 5.92 Å². The van der Waals surface area contributed by atoms with Gasteiger partial charge in [-0.05, 0) is 68.0 Å². The van der Waals surface area contributed by atoms with Crippen molar-refractivity contribution in [3.8, 4) is 0 Å². The van der Waals surface area contributed by atoms with Gasteiger partial charge in [0.2, 0.25) is 21.8 Å². The average molecular weight is 585 g/mol. The number of benzene rings is 2. The number of sulfonamides is 1. The fourth-order valence-corrected chi connectivity index (χ4v) is 5.76. The van der Waals surface area contributed by atoms with Gasteiger partial charge in [0.25, 0.3) is 0 Å². The van der Waals surface area contributed by atoms with Crippen molar-refractivity contribution in [2.45, 2.75) is 66.5 Å². The molecule has 0 unspecified atom stereocenters. The Labute approximate surface area is 237 Å². The van der Waals surface area contributed by atoms with Crippen molar-refractivity contribution in [1.82, 2.24) is 10.2 Å². The highest BCUT2D eigenvalue weighted by atomic mass is 35.5. The molecule has 0 fully saturated rings. The second kappa shape index (κ2) is 14.2. The van der Waals surface area contributed by atoms with Gasteiger partial charge in [-0.15, -0.1) is 0 Å². The van der Waals surface area contributed by atoms with Gasteiger partial charge in [0.15, 0.2) is 0 Å². The van der Waals surface area contributed by atoms with E-state index in [-0.39, 0.29) is 43.7 Å². The number of carbonyl (C=O) groups is 2. The summed E-state index contributed by atoms with van der Waals surface area (Å²) < 4.78 is 26.5. The van der Waals surface area contributed by atoms with Gasteiger partial charge in [0, 0.05) is 41.7 Å². The van der Waals surface area contributed by atoms with E-state index in [1.54, 1.807) is 18.2 Å². The molecule has 0 aliphatic carbocycles. The highest BCUT2D eigenvalue weighted by Crippen LogP contribution is 2.28. The first-order valence-electron chi connectivity index (χ1n) is 12.8. The van der Waals surface area contributed by atoms with Crippen LogP contribution in [-0.4, -0.2) is 50.5 Å². The van der Waals surface area contributed by atoms with Crippen LogP contribution in [0.5, 0.6) is 0 Å². The number of hydrogen-bond acceptors (Lipinski definition) is 4. The largest absolute Gasteiger partial charge is 0.354 e. The van der Waals surface area contributed by atoms with E-state index in [1.807, 2.05) is 52.8 Å². The summed E-state index contributed by atoms with van der Waals surface area (Å²) in [6, 6.07) is 9.98. The first-order valence-corrected chi connectivity index (χ1v) is 15.4. The van der Waals surface area contributed by atoms with Crippen molar-refractivity contribution in [2.75, 3.05) is 23.7 Å². The van der Waals surface area contributed by atoms with E-state index in [0.717, 1.165) is 17.4 Å². The number of anilines is 1. The standard InChI is InChI=1S/C28H39Cl2N3O4S/c1-7-26(28(35)31-17-19(2)3)32(18-23-24(29)10-8-11-25(23)30)27(34)12-9-13-33(38(6,36)37)22-15-20(4)14-21(5)16-22/h8,10-11,14-16,19,26H,7,9,12-13,17-18H2,1-6H3,(H,31,35)/t26-/m1/s1. The second-order valence-electron chi connectivity index (χ2n) is 10.1. The van der Waals surface area contributed by atoms with Gasteiger partial charge in [-0.2, -0.15) is 0 Å². The molecular formula is C28H39Cl2N3O4S. The Hall–Kier alpha value is -2.29. The molecule has 1 N–H and O–H groups in total. The molecule has 0 bridgehead atoms. The fourth-order valence-electron chi connectivity index (χ4n) is 4.29. The van der Waals surface area contributed by atoms with E-state index in [2.05, 4.69) is 5.32 Å². The normalized spacial score (nSPS) is 12.3. The maximum Gasteiger partial charge on any atom is 0.242 e. The lowest BCUT2D eigenvalue weighted by Gasteiger charge is -2.32. The molecule has 2 rings (SSSR count). The molecule has 0 heterocycles. The number of nitrogens with zero attached hydrogens (tertiary/aromatic N) is 2. The van der Waals surface area contributed by atoms with Gasteiger partial charge >= 0.3 is 0 Å². The molecule has 0 aromatic heterocycles. The van der Waals surface area contributed by atoms with Crippen LogP contribution in [0.15, 0.2) is 36.4 Å².